The number of nitrogens with zero attached hydrogens (tertiary/aromatic N) is 4. The molecule has 3 aromatic rings. The first kappa shape index (κ1) is 17.9. The van der Waals surface area contributed by atoms with Gasteiger partial charge in [0.15, 0.2) is 0 Å². The third kappa shape index (κ3) is 3.52. The Balaban J connectivity index is 0.00000225. The quantitative estimate of drug-likeness (QED) is 0.575. The van der Waals surface area contributed by atoms with Gasteiger partial charge in [0.25, 0.3) is 0 Å². The van der Waals surface area contributed by atoms with Crippen molar-refractivity contribution in [1.82, 2.24) is 19.5 Å². The van der Waals surface area contributed by atoms with Gasteiger partial charge in [-0.1, -0.05) is 6.42 Å². The van der Waals surface area contributed by atoms with E-state index in [-0.39, 0.29) is 13.4 Å². The van der Waals surface area contributed by atoms with Gasteiger partial charge in [0.1, 0.15) is 23.9 Å². The Hall–Kier alpha value is -2.51. The number of fused-ring (bicyclic) bond motifs is 1. The second-order valence-corrected chi connectivity index (χ2v) is 7.36. The number of pyridine rings is 1. The lowest BCUT2D eigenvalue weighted by Crippen LogP contribution is -2.29. The maximum absolute atomic E-state index is 10.6. The number of aromatic nitrogens is 4. The number of nitrogens with two attached hydrogens (primary N) is 1. The molecule has 4 atom stereocenters. The van der Waals surface area contributed by atoms with Gasteiger partial charge in [-0.25, -0.2) is 9.97 Å². The highest BCUT2D eigenvalue weighted by molar-refractivity contribution is 5.86. The summed E-state index contributed by atoms with van der Waals surface area (Å²) in [6.07, 6.45) is 10.1. The number of hydrogen-bond acceptors (Lipinski definition) is 6. The smallest absolute Gasteiger partial charge is 0.145 e. The van der Waals surface area contributed by atoms with Gasteiger partial charge >= 0.3 is 0 Å². The average Bonchev–Trinajstić information content (AvgIpc) is 3.23. The van der Waals surface area contributed by atoms with E-state index in [1.165, 1.54) is 11.9 Å². The van der Waals surface area contributed by atoms with Gasteiger partial charge in [-0.05, 0) is 55.4 Å². The van der Waals surface area contributed by atoms with Crippen molar-refractivity contribution in [1.29, 1.82) is 0 Å². The van der Waals surface area contributed by atoms with E-state index in [1.54, 1.807) is 0 Å². The molecule has 0 spiro atoms. The number of rotatable bonds is 6. The minimum absolute atomic E-state index is 0. The molecular weight excluding hydrogens is 342 g/mol. The van der Waals surface area contributed by atoms with Crippen LogP contribution >= 0.6 is 0 Å². The Morgan fingerprint density at radius 1 is 1.11 bits per heavy atom. The van der Waals surface area contributed by atoms with Gasteiger partial charge in [0, 0.05) is 20.0 Å². The topological polar surface area (TPSA) is 110 Å². The zero-order valence-corrected chi connectivity index (χ0v) is 15.1. The van der Waals surface area contributed by atoms with E-state index in [9.17, 15) is 10.2 Å². The molecular formula is C20H27N5O2. The van der Waals surface area contributed by atoms with Crippen LogP contribution in [-0.4, -0.2) is 41.9 Å². The third-order valence-corrected chi connectivity index (χ3v) is 5.71. The van der Waals surface area contributed by atoms with Crippen LogP contribution in [0.1, 0.15) is 38.7 Å². The van der Waals surface area contributed by atoms with E-state index >= 15 is 0 Å². The first-order valence-electron chi connectivity index (χ1n) is 9.47. The molecule has 1 aliphatic rings. The van der Waals surface area contributed by atoms with Crippen molar-refractivity contribution in [3.05, 3.63) is 48.7 Å². The Kier molecular flexibility index (Phi) is 5.05. The van der Waals surface area contributed by atoms with E-state index in [0.717, 1.165) is 37.5 Å². The highest BCUT2D eigenvalue weighted by atomic mass is 16.3. The number of hydrogen-bond donors (Lipinski definition) is 3. The predicted molar refractivity (Wildman–Crippen MR) is 105 cm³/mol. The summed E-state index contributed by atoms with van der Waals surface area (Å²) in [5.74, 6) is 0.513. The Bertz CT molecular complexity index is 904. The molecule has 27 heavy (non-hydrogen) atoms. The van der Waals surface area contributed by atoms with E-state index in [4.69, 9.17) is 5.73 Å². The molecule has 1 fully saturated rings. The van der Waals surface area contributed by atoms with E-state index < -0.39 is 12.2 Å². The van der Waals surface area contributed by atoms with Crippen molar-refractivity contribution in [3.63, 3.8) is 0 Å². The standard InChI is InChI=1S/C20H25N5O2.H2/c21-19-15-7-10-25(20(15)24-12-23-19)16-11-14(17(26)18(16)27)4-2-1-3-13-5-8-22-9-6-13;/h5-10,12,14,16-18,26-27H,1-4,11H2,(H2,21,23,24);1H/t14-,16+,17+,18-;/m0./s1. The molecule has 3 aromatic heterocycles. The molecule has 7 heteroatoms. The minimum atomic E-state index is -0.804. The van der Waals surface area contributed by atoms with Gasteiger partial charge in [-0.2, -0.15) is 0 Å². The van der Waals surface area contributed by atoms with Gasteiger partial charge in [-0.15, -0.1) is 0 Å². The molecule has 0 unspecified atom stereocenters. The molecule has 0 bridgehead atoms. The Morgan fingerprint density at radius 3 is 2.74 bits per heavy atom. The minimum Gasteiger partial charge on any atom is -0.390 e. The fraction of sp³-hybridized carbons (Fsp3) is 0.450. The van der Waals surface area contributed by atoms with Gasteiger partial charge in [0.05, 0.1) is 17.5 Å². The number of aryl methyl sites for hydroxylation is 1. The number of aliphatic hydroxyl groups is 2. The SMILES string of the molecule is Nc1ncnc2c1ccn2[C@@H]1C[C@H](CCCCc2ccncc2)[C@@H](O)[C@H]1O.[HH]. The molecule has 1 saturated carbocycles. The van der Waals surface area contributed by atoms with Crippen molar-refractivity contribution < 1.29 is 11.6 Å². The van der Waals surface area contributed by atoms with Crippen molar-refractivity contribution >= 4 is 16.9 Å². The molecule has 1 aliphatic carbocycles. The summed E-state index contributed by atoms with van der Waals surface area (Å²) < 4.78 is 1.93. The summed E-state index contributed by atoms with van der Waals surface area (Å²) in [6, 6.07) is 5.74. The summed E-state index contributed by atoms with van der Waals surface area (Å²) in [7, 11) is 0. The van der Waals surface area contributed by atoms with E-state index in [2.05, 4.69) is 15.0 Å². The molecule has 0 aromatic carbocycles. The lowest BCUT2D eigenvalue weighted by atomic mass is 9.96. The summed E-state index contributed by atoms with van der Waals surface area (Å²) in [6.45, 7) is 0. The molecule has 7 nitrogen and oxygen atoms in total. The maximum Gasteiger partial charge on any atom is 0.145 e. The molecule has 144 valence electrons. The number of nitrogen functional groups attached to an aromatic ring is 1. The summed E-state index contributed by atoms with van der Waals surface area (Å²) in [5, 5.41) is 21.9. The molecule has 0 aliphatic heterocycles. The fourth-order valence-corrected chi connectivity index (χ4v) is 4.21. The van der Waals surface area contributed by atoms with Crippen LogP contribution in [-0.2, 0) is 6.42 Å². The summed E-state index contributed by atoms with van der Waals surface area (Å²) in [4.78, 5) is 12.4. The van der Waals surface area contributed by atoms with Crippen LogP contribution in [0.25, 0.3) is 11.0 Å². The van der Waals surface area contributed by atoms with Gasteiger partial charge in [0.2, 0.25) is 0 Å². The zero-order valence-electron chi connectivity index (χ0n) is 15.1. The summed E-state index contributed by atoms with van der Waals surface area (Å²) >= 11 is 0. The van der Waals surface area contributed by atoms with Crippen LogP contribution in [0.5, 0.6) is 0 Å². The van der Waals surface area contributed by atoms with Crippen molar-refractivity contribution in [3.8, 4) is 0 Å². The van der Waals surface area contributed by atoms with Gasteiger partial charge < -0.3 is 20.5 Å². The van der Waals surface area contributed by atoms with Crippen molar-refractivity contribution in [2.75, 3.05) is 5.73 Å². The molecule has 4 rings (SSSR count). The van der Waals surface area contributed by atoms with E-state index in [0.29, 0.717) is 11.5 Å². The normalized spacial score (nSPS) is 25.3. The van der Waals surface area contributed by atoms with Crippen LogP contribution < -0.4 is 5.73 Å². The second-order valence-electron chi connectivity index (χ2n) is 7.36. The van der Waals surface area contributed by atoms with Crippen LogP contribution in [0.2, 0.25) is 0 Å². The van der Waals surface area contributed by atoms with Crippen LogP contribution in [0.3, 0.4) is 0 Å². The van der Waals surface area contributed by atoms with E-state index in [1.807, 2.05) is 41.4 Å². The van der Waals surface area contributed by atoms with Crippen LogP contribution in [0, 0.1) is 5.92 Å². The fourth-order valence-electron chi connectivity index (χ4n) is 4.21. The molecule has 4 N–H and O–H groups in total. The number of unbranched alkanes of at least 4 members (excludes halogenated alkanes) is 1. The lowest BCUT2D eigenvalue weighted by Gasteiger charge is -2.19. The Labute approximate surface area is 159 Å². The summed E-state index contributed by atoms with van der Waals surface area (Å²) in [5.41, 5.74) is 7.90. The molecule has 3 heterocycles. The molecule has 0 saturated heterocycles. The molecule has 0 amide bonds. The Morgan fingerprint density at radius 2 is 1.93 bits per heavy atom. The first-order chi connectivity index (χ1) is 13.1. The third-order valence-electron chi connectivity index (χ3n) is 5.71. The second kappa shape index (κ2) is 7.62. The lowest BCUT2D eigenvalue weighted by molar-refractivity contribution is 0.00502. The highest BCUT2D eigenvalue weighted by Gasteiger charge is 2.42. The zero-order chi connectivity index (χ0) is 18.8. The predicted octanol–water partition coefficient (Wildman–Crippen LogP) is 2.35. The van der Waals surface area contributed by atoms with Crippen LogP contribution in [0.15, 0.2) is 43.1 Å². The highest BCUT2D eigenvalue weighted by Crippen LogP contribution is 2.39. The largest absolute Gasteiger partial charge is 0.390 e. The number of aliphatic hydroxyl groups excluding tert-OH is 2. The number of anilines is 1. The molecule has 0 radical (unpaired) electrons. The van der Waals surface area contributed by atoms with Crippen LogP contribution in [0.4, 0.5) is 5.82 Å². The monoisotopic (exact) mass is 369 g/mol. The average molecular weight is 369 g/mol. The maximum atomic E-state index is 10.6. The van der Waals surface area contributed by atoms with Crippen molar-refractivity contribution in [2.45, 2.75) is 50.4 Å². The first-order valence-corrected chi connectivity index (χ1v) is 9.47. The van der Waals surface area contributed by atoms with Crippen molar-refractivity contribution in [2.24, 2.45) is 5.92 Å². The van der Waals surface area contributed by atoms with Gasteiger partial charge in [-0.3, -0.25) is 4.98 Å².